The molecule has 0 spiro atoms. The Morgan fingerprint density at radius 3 is 2.22 bits per heavy atom. The molecule has 0 aliphatic rings. The molecule has 0 saturated carbocycles. The van der Waals surface area contributed by atoms with E-state index in [9.17, 15) is 4.79 Å². The van der Waals surface area contributed by atoms with Gasteiger partial charge >= 0.3 is 0 Å². The van der Waals surface area contributed by atoms with Crippen molar-refractivity contribution in [2.45, 2.75) is 13.8 Å². The molecule has 3 rings (SSSR count). The van der Waals surface area contributed by atoms with Gasteiger partial charge in [0.25, 0.3) is 5.91 Å². The van der Waals surface area contributed by atoms with Crippen LogP contribution in [0.3, 0.4) is 0 Å². The number of hydrogen-bond acceptors (Lipinski definition) is 7. The van der Waals surface area contributed by atoms with E-state index in [-0.39, 0.29) is 5.91 Å². The smallest absolute Gasteiger partial charge is 0.260 e. The number of aromatic nitrogens is 1. The molecule has 0 N–H and O–H groups in total. The van der Waals surface area contributed by atoms with E-state index in [0.29, 0.717) is 51.6 Å². The molecule has 9 heteroatoms. The summed E-state index contributed by atoms with van der Waals surface area (Å²) in [6, 6.07) is 8.70. The van der Waals surface area contributed by atoms with Crippen LogP contribution in [0.5, 0.6) is 17.2 Å². The Morgan fingerprint density at radius 2 is 1.66 bits per heavy atom. The molecule has 172 valence electrons. The number of halogens is 1. The highest BCUT2D eigenvalue weighted by atomic mass is 35.5. The van der Waals surface area contributed by atoms with Crippen LogP contribution in [0.1, 0.15) is 24.2 Å². The number of anilines is 1. The third-order valence-corrected chi connectivity index (χ3v) is 6.81. The number of carbonyl (C=O) groups is 1. The Hall–Kier alpha value is -2.55. The average Bonchev–Trinajstić information content (AvgIpc) is 3.27. The minimum absolute atomic E-state index is 0.191. The van der Waals surface area contributed by atoms with Gasteiger partial charge in [0.05, 0.1) is 31.1 Å². The number of amides is 1. The van der Waals surface area contributed by atoms with Crippen molar-refractivity contribution in [3.63, 3.8) is 0 Å². The van der Waals surface area contributed by atoms with Gasteiger partial charge in [-0.2, -0.15) is 0 Å². The molecule has 1 amide bonds. The number of methoxy groups -OCH3 is 3. The lowest BCUT2D eigenvalue weighted by Gasteiger charge is -2.25. The molecule has 0 aliphatic carbocycles. The van der Waals surface area contributed by atoms with Gasteiger partial charge in [-0.15, -0.1) is 0 Å². The van der Waals surface area contributed by atoms with Gasteiger partial charge < -0.3 is 19.1 Å². The summed E-state index contributed by atoms with van der Waals surface area (Å²) in [5.74, 6) is 1.52. The minimum Gasteiger partial charge on any atom is -0.497 e. The van der Waals surface area contributed by atoms with Crippen molar-refractivity contribution in [1.82, 2.24) is 9.88 Å². The van der Waals surface area contributed by atoms with E-state index in [1.165, 1.54) is 11.3 Å². The number of hydrogen-bond donors (Lipinski definition) is 0. The molecule has 0 atom stereocenters. The maximum atomic E-state index is 13.7. The molecular weight excluding hydrogens is 450 g/mol. The fourth-order valence-corrected chi connectivity index (χ4v) is 4.65. The lowest BCUT2D eigenvalue weighted by Crippen LogP contribution is -2.38. The summed E-state index contributed by atoms with van der Waals surface area (Å²) in [6.07, 6.45) is 0. The van der Waals surface area contributed by atoms with Crippen molar-refractivity contribution in [1.29, 1.82) is 0 Å². The summed E-state index contributed by atoms with van der Waals surface area (Å²) in [6.45, 7) is 7.17. The molecule has 1 aromatic heterocycles. The van der Waals surface area contributed by atoms with E-state index >= 15 is 0 Å². The largest absolute Gasteiger partial charge is 0.497 e. The Morgan fingerprint density at radius 1 is 1.00 bits per heavy atom. The molecule has 0 aliphatic heterocycles. The zero-order chi connectivity index (χ0) is 23.3. The molecule has 0 saturated heterocycles. The van der Waals surface area contributed by atoms with Gasteiger partial charge in [-0.3, -0.25) is 9.69 Å². The van der Waals surface area contributed by atoms with Gasteiger partial charge in [0.15, 0.2) is 5.13 Å². The number of thiazole rings is 1. The van der Waals surface area contributed by atoms with Crippen LogP contribution in [-0.4, -0.2) is 63.3 Å². The second kappa shape index (κ2) is 10.8. The number of ether oxygens (including phenoxy) is 3. The molecule has 0 fully saturated rings. The third-order valence-electron chi connectivity index (χ3n) is 5.28. The van der Waals surface area contributed by atoms with Crippen molar-refractivity contribution < 1.29 is 19.0 Å². The quantitative estimate of drug-likeness (QED) is 0.411. The van der Waals surface area contributed by atoms with E-state index in [4.69, 9.17) is 30.8 Å². The molecule has 0 unspecified atom stereocenters. The van der Waals surface area contributed by atoms with Crippen molar-refractivity contribution in [2.24, 2.45) is 0 Å². The Bertz CT molecular complexity index is 1060. The van der Waals surface area contributed by atoms with Crippen LogP contribution in [-0.2, 0) is 0 Å². The first-order valence-electron chi connectivity index (χ1n) is 10.4. The SMILES string of the molecule is CCN(CC)CCN(C(=O)c1cc(OC)cc(OC)c1)c1nc2c(OC)ccc(Cl)c2s1. The number of benzene rings is 2. The topological polar surface area (TPSA) is 64.1 Å². The number of likely N-dealkylation sites (N-methyl/N-ethyl adjacent to an activating group) is 1. The summed E-state index contributed by atoms with van der Waals surface area (Å²) in [5.41, 5.74) is 1.10. The van der Waals surface area contributed by atoms with Crippen molar-refractivity contribution >= 4 is 44.2 Å². The maximum Gasteiger partial charge on any atom is 0.260 e. The van der Waals surface area contributed by atoms with Crippen LogP contribution in [0.25, 0.3) is 10.2 Å². The molecule has 3 aromatic rings. The first-order valence-corrected chi connectivity index (χ1v) is 11.5. The van der Waals surface area contributed by atoms with Gasteiger partial charge in [-0.05, 0) is 37.4 Å². The predicted octanol–water partition coefficient (Wildman–Crippen LogP) is 4.96. The van der Waals surface area contributed by atoms with E-state index in [1.807, 2.05) is 0 Å². The van der Waals surface area contributed by atoms with Crippen LogP contribution < -0.4 is 19.1 Å². The standard InChI is InChI=1S/C23H28ClN3O4S/c1-6-26(7-2)10-11-27(22(28)15-12-16(29-3)14-17(13-15)30-4)23-25-20-19(31-5)9-8-18(24)21(20)32-23/h8-9,12-14H,6-7,10-11H2,1-5H3. The molecule has 32 heavy (non-hydrogen) atoms. The second-order valence-corrected chi connectivity index (χ2v) is 8.39. The van der Waals surface area contributed by atoms with Gasteiger partial charge in [-0.1, -0.05) is 36.8 Å². The highest BCUT2D eigenvalue weighted by molar-refractivity contribution is 7.23. The van der Waals surface area contributed by atoms with Gasteiger partial charge in [-0.25, -0.2) is 4.98 Å². The monoisotopic (exact) mass is 477 g/mol. The first kappa shape index (κ1) is 24.1. The Balaban J connectivity index is 2.07. The summed E-state index contributed by atoms with van der Waals surface area (Å²) in [4.78, 5) is 22.4. The summed E-state index contributed by atoms with van der Waals surface area (Å²) in [5, 5.41) is 1.13. The van der Waals surface area contributed by atoms with Gasteiger partial charge in [0.2, 0.25) is 0 Å². The predicted molar refractivity (Wildman–Crippen MR) is 130 cm³/mol. The van der Waals surface area contributed by atoms with E-state index in [2.05, 4.69) is 18.7 Å². The van der Waals surface area contributed by atoms with Crippen molar-refractivity contribution in [2.75, 3.05) is 52.4 Å². The summed E-state index contributed by atoms with van der Waals surface area (Å²) in [7, 11) is 4.71. The van der Waals surface area contributed by atoms with Crippen LogP contribution >= 0.6 is 22.9 Å². The Kier molecular flexibility index (Phi) is 8.17. The molecule has 2 aromatic carbocycles. The van der Waals surface area contributed by atoms with Crippen LogP contribution in [0.4, 0.5) is 5.13 Å². The number of rotatable bonds is 10. The van der Waals surface area contributed by atoms with E-state index < -0.39 is 0 Å². The van der Waals surface area contributed by atoms with Crippen molar-refractivity contribution in [3.05, 3.63) is 40.9 Å². The average molecular weight is 478 g/mol. The van der Waals surface area contributed by atoms with E-state index in [1.54, 1.807) is 56.6 Å². The van der Waals surface area contributed by atoms with Crippen LogP contribution in [0, 0.1) is 0 Å². The number of nitrogens with zero attached hydrogens (tertiary/aromatic N) is 3. The van der Waals surface area contributed by atoms with Gasteiger partial charge in [0.1, 0.15) is 22.8 Å². The van der Waals surface area contributed by atoms with Crippen molar-refractivity contribution in [3.8, 4) is 17.2 Å². The van der Waals surface area contributed by atoms with Gasteiger partial charge in [0, 0.05) is 24.7 Å². The van der Waals surface area contributed by atoms with E-state index in [0.717, 1.165) is 17.8 Å². The highest BCUT2D eigenvalue weighted by Crippen LogP contribution is 2.39. The summed E-state index contributed by atoms with van der Waals surface area (Å²) < 4.78 is 16.9. The summed E-state index contributed by atoms with van der Waals surface area (Å²) >= 11 is 7.79. The lowest BCUT2D eigenvalue weighted by molar-refractivity contribution is 0.0983. The minimum atomic E-state index is -0.191. The molecule has 7 nitrogen and oxygen atoms in total. The molecule has 1 heterocycles. The fraction of sp³-hybridized carbons (Fsp3) is 0.391. The molecular formula is C23H28ClN3O4S. The first-order chi connectivity index (χ1) is 15.4. The van der Waals surface area contributed by atoms with Crippen LogP contribution in [0.15, 0.2) is 30.3 Å². The highest BCUT2D eigenvalue weighted by Gasteiger charge is 2.24. The molecule has 0 bridgehead atoms. The zero-order valence-electron chi connectivity index (χ0n) is 19.0. The second-order valence-electron chi connectivity index (χ2n) is 7.01. The zero-order valence-corrected chi connectivity index (χ0v) is 20.5. The maximum absolute atomic E-state index is 13.7. The van der Waals surface area contributed by atoms with Crippen LogP contribution in [0.2, 0.25) is 5.02 Å². The normalized spacial score (nSPS) is 11.1. The number of carbonyl (C=O) groups excluding carboxylic acids is 1. The third kappa shape index (κ3) is 5.09. The Labute approximate surface area is 197 Å². The number of fused-ring (bicyclic) bond motifs is 1. The molecule has 0 radical (unpaired) electrons. The fourth-order valence-electron chi connectivity index (χ4n) is 3.37. The lowest BCUT2D eigenvalue weighted by atomic mass is 10.1.